The van der Waals surface area contributed by atoms with E-state index in [0.717, 1.165) is 40.6 Å². The Labute approximate surface area is 208 Å². The van der Waals surface area contributed by atoms with Crippen LogP contribution >= 0.6 is 11.8 Å². The van der Waals surface area contributed by atoms with Gasteiger partial charge in [-0.1, -0.05) is 85.4 Å². The van der Waals surface area contributed by atoms with Crippen LogP contribution in [-0.2, 0) is 6.54 Å². The lowest BCUT2D eigenvalue weighted by Crippen LogP contribution is -2.25. The molecule has 178 valence electrons. The topological polar surface area (TPSA) is 90.1 Å². The molecular formula is C27H26N4O3S. The minimum atomic E-state index is -0.505. The van der Waals surface area contributed by atoms with Crippen molar-refractivity contribution in [2.75, 3.05) is 12.3 Å². The van der Waals surface area contributed by atoms with Gasteiger partial charge >= 0.3 is 0 Å². The van der Waals surface area contributed by atoms with Gasteiger partial charge < -0.3 is 9.88 Å². The molecule has 0 saturated carbocycles. The summed E-state index contributed by atoms with van der Waals surface area (Å²) in [7, 11) is 0. The van der Waals surface area contributed by atoms with Crippen molar-refractivity contribution in [2.45, 2.75) is 25.0 Å². The number of hydrogen-bond acceptors (Lipinski definition) is 5. The summed E-state index contributed by atoms with van der Waals surface area (Å²) in [5.74, 6) is 0.283. The number of carbonyl (C=O) groups is 1. The lowest BCUT2D eigenvalue weighted by molar-refractivity contribution is -0.384. The number of amides is 1. The number of nitro benzene ring substituents is 1. The van der Waals surface area contributed by atoms with Crippen LogP contribution in [0.5, 0.6) is 0 Å². The van der Waals surface area contributed by atoms with Crippen molar-refractivity contribution in [3.05, 3.63) is 101 Å². The van der Waals surface area contributed by atoms with E-state index < -0.39 is 4.92 Å². The third-order valence-corrected chi connectivity index (χ3v) is 6.39. The second-order valence-corrected chi connectivity index (χ2v) is 8.95. The quantitative estimate of drug-likeness (QED) is 0.127. The molecule has 4 rings (SSSR count). The normalized spacial score (nSPS) is 10.8. The van der Waals surface area contributed by atoms with Crippen LogP contribution in [0.15, 0.2) is 90.1 Å². The number of benzene rings is 3. The van der Waals surface area contributed by atoms with E-state index in [-0.39, 0.29) is 17.2 Å². The molecule has 0 unspecified atom stereocenters. The fraction of sp³-hybridized carbons (Fsp3) is 0.185. The third kappa shape index (κ3) is 5.78. The Kier molecular flexibility index (Phi) is 7.95. The van der Waals surface area contributed by atoms with Gasteiger partial charge in [-0.25, -0.2) is 4.98 Å². The number of thioether (sulfide) groups is 1. The molecule has 0 aliphatic rings. The minimum absolute atomic E-state index is 0.101. The number of aromatic nitrogens is 2. The third-order valence-electron chi connectivity index (χ3n) is 5.41. The highest BCUT2D eigenvalue weighted by Gasteiger charge is 2.20. The molecule has 0 aliphatic carbocycles. The molecule has 0 aliphatic heterocycles. The summed E-state index contributed by atoms with van der Waals surface area (Å²) in [6.07, 6.45) is 0.960. The summed E-state index contributed by atoms with van der Waals surface area (Å²) < 4.78 is 2.25. The highest BCUT2D eigenvalue weighted by Crippen LogP contribution is 2.36. The van der Waals surface area contributed by atoms with E-state index in [9.17, 15) is 14.9 Å². The fourth-order valence-corrected chi connectivity index (χ4v) is 4.71. The average molecular weight is 487 g/mol. The molecule has 0 radical (unpaired) electrons. The van der Waals surface area contributed by atoms with Gasteiger partial charge in [0.15, 0.2) is 5.16 Å². The van der Waals surface area contributed by atoms with Gasteiger partial charge in [0.25, 0.3) is 11.6 Å². The fourth-order valence-electron chi connectivity index (χ4n) is 3.83. The summed E-state index contributed by atoms with van der Waals surface area (Å²) in [5.41, 5.74) is 4.36. The molecule has 4 aromatic rings. The lowest BCUT2D eigenvalue weighted by atomic mass is 10.0. The van der Waals surface area contributed by atoms with Crippen LogP contribution in [0.4, 0.5) is 5.69 Å². The Morgan fingerprint density at radius 1 is 1.00 bits per heavy atom. The van der Waals surface area contributed by atoms with Gasteiger partial charge in [-0.3, -0.25) is 14.9 Å². The summed E-state index contributed by atoms with van der Waals surface area (Å²) in [4.78, 5) is 28.0. The maximum Gasteiger partial charge on any atom is 0.270 e. The monoisotopic (exact) mass is 486 g/mol. The van der Waals surface area contributed by atoms with Gasteiger partial charge in [0.2, 0.25) is 0 Å². The molecule has 1 heterocycles. The predicted molar refractivity (Wildman–Crippen MR) is 140 cm³/mol. The van der Waals surface area contributed by atoms with Crippen LogP contribution in [0, 0.1) is 10.1 Å². The molecule has 1 aromatic heterocycles. The minimum Gasteiger partial charge on any atom is -0.351 e. The molecule has 0 fully saturated rings. The van der Waals surface area contributed by atoms with Crippen LogP contribution in [-0.4, -0.2) is 32.7 Å². The van der Waals surface area contributed by atoms with E-state index in [0.29, 0.717) is 12.3 Å². The van der Waals surface area contributed by atoms with Crippen molar-refractivity contribution < 1.29 is 9.72 Å². The first-order chi connectivity index (χ1) is 17.1. The van der Waals surface area contributed by atoms with E-state index in [1.807, 2.05) is 36.4 Å². The molecule has 0 spiro atoms. The Bertz CT molecular complexity index is 1310. The van der Waals surface area contributed by atoms with Crippen molar-refractivity contribution >= 4 is 23.4 Å². The van der Waals surface area contributed by atoms with Gasteiger partial charge in [0.05, 0.1) is 16.3 Å². The van der Waals surface area contributed by atoms with Crippen molar-refractivity contribution in [3.8, 4) is 22.5 Å². The Balaban J connectivity index is 1.54. The van der Waals surface area contributed by atoms with E-state index in [2.05, 4.69) is 41.1 Å². The number of imidazole rings is 1. The van der Waals surface area contributed by atoms with Crippen LogP contribution in [0.1, 0.15) is 23.7 Å². The smallest absolute Gasteiger partial charge is 0.270 e. The molecule has 8 heteroatoms. The number of rotatable bonds is 10. The zero-order chi connectivity index (χ0) is 24.6. The second kappa shape index (κ2) is 11.5. The molecule has 0 bridgehead atoms. The number of non-ortho nitro benzene ring substituents is 1. The Morgan fingerprint density at radius 2 is 1.69 bits per heavy atom. The van der Waals surface area contributed by atoms with Crippen LogP contribution in [0.25, 0.3) is 22.5 Å². The van der Waals surface area contributed by atoms with E-state index in [1.165, 1.54) is 18.2 Å². The van der Waals surface area contributed by atoms with Gasteiger partial charge in [-0.2, -0.15) is 0 Å². The number of hydrogen-bond donors (Lipinski definition) is 1. The van der Waals surface area contributed by atoms with Gasteiger partial charge in [-0.15, -0.1) is 0 Å². The highest BCUT2D eigenvalue weighted by atomic mass is 32.2. The van der Waals surface area contributed by atoms with Crippen LogP contribution < -0.4 is 5.32 Å². The Hall–Kier alpha value is -3.91. The molecule has 0 atom stereocenters. The van der Waals surface area contributed by atoms with Gasteiger partial charge in [0.1, 0.15) is 0 Å². The summed E-state index contributed by atoms with van der Waals surface area (Å²) in [5, 5.41) is 14.7. The molecule has 0 saturated heterocycles. The molecule has 3 aromatic carbocycles. The van der Waals surface area contributed by atoms with E-state index in [4.69, 9.17) is 4.98 Å². The maximum atomic E-state index is 12.5. The van der Waals surface area contributed by atoms with Crippen LogP contribution in [0.3, 0.4) is 0 Å². The van der Waals surface area contributed by atoms with Gasteiger partial charge in [-0.05, 0) is 12.5 Å². The predicted octanol–water partition coefficient (Wildman–Crippen LogP) is 6.06. The van der Waals surface area contributed by atoms with Crippen LogP contribution in [0.2, 0.25) is 0 Å². The summed E-state index contributed by atoms with van der Waals surface area (Å²) >= 11 is 1.59. The first-order valence-corrected chi connectivity index (χ1v) is 12.4. The molecule has 1 N–H and O–H groups in total. The number of nitro groups is 1. The van der Waals surface area contributed by atoms with E-state index in [1.54, 1.807) is 17.8 Å². The zero-order valence-corrected chi connectivity index (χ0v) is 20.2. The SMILES string of the molecule is CCCn1c(SCCNC(=O)c2cccc([N+](=O)[O-])c2)nc(-c2ccccc2)c1-c1ccccc1. The average Bonchev–Trinajstić information content (AvgIpc) is 3.26. The summed E-state index contributed by atoms with van der Waals surface area (Å²) in [6, 6.07) is 26.2. The van der Waals surface area contributed by atoms with Crippen molar-refractivity contribution in [1.29, 1.82) is 0 Å². The molecule has 1 amide bonds. The maximum absolute atomic E-state index is 12.5. The highest BCUT2D eigenvalue weighted by molar-refractivity contribution is 7.99. The van der Waals surface area contributed by atoms with Gasteiger partial charge in [0, 0.05) is 47.7 Å². The first kappa shape index (κ1) is 24.2. The molecular weight excluding hydrogens is 460 g/mol. The van der Waals surface area contributed by atoms with Crippen molar-refractivity contribution in [2.24, 2.45) is 0 Å². The van der Waals surface area contributed by atoms with Crippen molar-refractivity contribution in [1.82, 2.24) is 14.9 Å². The number of nitrogens with one attached hydrogen (secondary N) is 1. The first-order valence-electron chi connectivity index (χ1n) is 11.4. The molecule has 7 nitrogen and oxygen atoms in total. The zero-order valence-electron chi connectivity index (χ0n) is 19.4. The second-order valence-electron chi connectivity index (χ2n) is 7.89. The largest absolute Gasteiger partial charge is 0.351 e. The lowest BCUT2D eigenvalue weighted by Gasteiger charge is -2.12. The standard InChI is InChI=1S/C27H26N4O3S/c1-2-17-30-25(21-12-7-4-8-13-21)24(20-10-5-3-6-11-20)29-27(30)35-18-16-28-26(32)22-14-9-15-23(19-22)31(33)34/h3-15,19H,2,16-18H2,1H3,(H,28,32). The molecule has 35 heavy (non-hydrogen) atoms. The number of nitrogens with zero attached hydrogens (tertiary/aromatic N) is 3. The van der Waals surface area contributed by atoms with Crippen molar-refractivity contribution in [3.63, 3.8) is 0 Å². The Morgan fingerprint density at radius 3 is 2.34 bits per heavy atom. The summed E-state index contributed by atoms with van der Waals surface area (Å²) in [6.45, 7) is 3.38. The number of carbonyl (C=O) groups excluding carboxylic acids is 1. The van der Waals surface area contributed by atoms with E-state index >= 15 is 0 Å².